The van der Waals surface area contributed by atoms with Gasteiger partial charge < -0.3 is 4.74 Å². The molecular weight excluding hydrogens is 421 g/mol. The Labute approximate surface area is 184 Å². The molecule has 0 radical (unpaired) electrons. The van der Waals surface area contributed by atoms with Crippen LogP contribution in [-0.4, -0.2) is 24.2 Å². The summed E-state index contributed by atoms with van der Waals surface area (Å²) in [5, 5.41) is 10.2. The molecule has 1 heterocycles. The van der Waals surface area contributed by atoms with Gasteiger partial charge in [0.15, 0.2) is 0 Å². The van der Waals surface area contributed by atoms with Gasteiger partial charge in [0.25, 0.3) is 0 Å². The second-order valence-corrected chi connectivity index (χ2v) is 8.32. The lowest BCUT2D eigenvalue weighted by Gasteiger charge is -2.32. The van der Waals surface area contributed by atoms with E-state index in [-0.39, 0.29) is 23.3 Å². The quantitative estimate of drug-likeness (QED) is 0.646. The van der Waals surface area contributed by atoms with E-state index in [1.165, 1.54) is 29.3 Å². The Bertz CT molecular complexity index is 1010. The van der Waals surface area contributed by atoms with Crippen LogP contribution in [0, 0.1) is 40.6 Å². The minimum absolute atomic E-state index is 0.166. The van der Waals surface area contributed by atoms with E-state index in [4.69, 9.17) is 14.8 Å². The number of carbonyl (C=O) groups is 1. The fraction of sp³-hybridized carbons (Fsp3) is 0.417. The second-order valence-electron chi connectivity index (χ2n) is 8.32. The number of halogens is 3. The number of benzene rings is 2. The monoisotopic (exact) mass is 444 g/mol. The van der Waals surface area contributed by atoms with Gasteiger partial charge in [-0.25, -0.2) is 18.2 Å². The van der Waals surface area contributed by atoms with Gasteiger partial charge >= 0.3 is 0 Å². The van der Waals surface area contributed by atoms with Crippen molar-refractivity contribution in [2.24, 2.45) is 11.8 Å². The van der Waals surface area contributed by atoms with Crippen molar-refractivity contribution in [1.29, 1.82) is 5.26 Å². The lowest BCUT2D eigenvalue weighted by molar-refractivity contribution is -0.183. The second kappa shape index (κ2) is 9.61. The van der Waals surface area contributed by atoms with Crippen LogP contribution < -0.4 is 4.74 Å². The van der Waals surface area contributed by atoms with Gasteiger partial charge in [-0.05, 0) is 61.4 Å². The lowest BCUT2D eigenvalue weighted by Crippen LogP contribution is -2.37. The molecular formula is C24H23F3N2O3. The molecule has 1 atom stereocenters. The number of hydrogen-bond acceptors (Lipinski definition) is 4. The molecule has 0 bridgehead atoms. The molecule has 0 spiro atoms. The average Bonchev–Trinajstić information content (AvgIpc) is 3.26. The number of ether oxygens (including phenoxy) is 1. The number of nitriles is 1. The molecule has 32 heavy (non-hydrogen) atoms. The van der Waals surface area contributed by atoms with E-state index in [0.717, 1.165) is 25.0 Å². The normalized spacial score (nSPS) is 23.1. The van der Waals surface area contributed by atoms with E-state index in [9.17, 15) is 18.0 Å². The summed E-state index contributed by atoms with van der Waals surface area (Å²) >= 11 is 0. The van der Waals surface area contributed by atoms with Crippen molar-refractivity contribution in [1.82, 2.24) is 5.06 Å². The molecule has 1 aliphatic heterocycles. The Morgan fingerprint density at radius 3 is 2.38 bits per heavy atom. The van der Waals surface area contributed by atoms with Crippen LogP contribution in [0.1, 0.15) is 49.3 Å². The van der Waals surface area contributed by atoms with Crippen molar-refractivity contribution in [2.45, 2.75) is 38.1 Å². The molecule has 0 N–H and O–H groups in total. The van der Waals surface area contributed by atoms with Gasteiger partial charge in [-0.2, -0.15) is 5.26 Å². The minimum atomic E-state index is -0.681. The average molecular weight is 444 g/mol. The van der Waals surface area contributed by atoms with Crippen LogP contribution in [0.15, 0.2) is 36.4 Å². The maximum Gasteiger partial charge on any atom is 0.249 e. The molecule has 2 aromatic rings. The fourth-order valence-corrected chi connectivity index (χ4v) is 4.44. The van der Waals surface area contributed by atoms with Crippen LogP contribution in [0.2, 0.25) is 0 Å². The summed E-state index contributed by atoms with van der Waals surface area (Å²) in [7, 11) is 0. The highest BCUT2D eigenvalue weighted by atomic mass is 19.1. The molecule has 2 aliphatic rings. The van der Waals surface area contributed by atoms with Crippen molar-refractivity contribution in [3.8, 4) is 11.8 Å². The molecule has 168 valence electrons. The predicted molar refractivity (Wildman–Crippen MR) is 109 cm³/mol. The van der Waals surface area contributed by atoms with Crippen LogP contribution in [0.25, 0.3) is 0 Å². The molecule has 0 aromatic heterocycles. The fourth-order valence-electron chi connectivity index (χ4n) is 4.44. The number of hydrogen-bond donors (Lipinski definition) is 0. The van der Waals surface area contributed by atoms with Crippen molar-refractivity contribution in [2.75, 3.05) is 13.2 Å². The van der Waals surface area contributed by atoms with Gasteiger partial charge in [0.1, 0.15) is 23.2 Å². The zero-order valence-electron chi connectivity index (χ0n) is 17.4. The largest absolute Gasteiger partial charge is 0.493 e. The van der Waals surface area contributed by atoms with Crippen molar-refractivity contribution in [3.05, 3.63) is 65.0 Å². The minimum Gasteiger partial charge on any atom is -0.493 e. The molecule has 0 unspecified atom stereocenters. The molecule has 8 heteroatoms. The highest BCUT2D eigenvalue weighted by Gasteiger charge is 2.37. The molecule has 2 fully saturated rings. The van der Waals surface area contributed by atoms with E-state index in [1.54, 1.807) is 0 Å². The molecule has 2 aromatic carbocycles. The standard InChI is InChI=1S/C24H23F3N2O3/c25-19-7-16(13-28)8-22(12-19)31-14-15-1-3-17(4-2-15)24(30)29-23(5-6-32-29)18-9-20(26)11-21(27)10-18/h7-12,15,17,23H,1-6,14H2/t15?,17?,23-/m0/s1. The maximum atomic E-state index is 13.6. The molecule has 1 amide bonds. The van der Waals surface area contributed by atoms with Crippen LogP contribution >= 0.6 is 0 Å². The molecule has 1 saturated carbocycles. The number of rotatable bonds is 5. The highest BCUT2D eigenvalue weighted by molar-refractivity contribution is 5.78. The number of hydroxylamine groups is 2. The summed E-state index contributed by atoms with van der Waals surface area (Å²) in [6, 6.07) is 8.57. The van der Waals surface area contributed by atoms with E-state index < -0.39 is 23.5 Å². The van der Waals surface area contributed by atoms with Crippen LogP contribution in [0.4, 0.5) is 13.2 Å². The third-order valence-electron chi connectivity index (χ3n) is 6.07. The van der Waals surface area contributed by atoms with E-state index in [2.05, 4.69) is 0 Å². The summed E-state index contributed by atoms with van der Waals surface area (Å²) in [6.45, 7) is 0.691. The first kappa shape index (κ1) is 22.2. The number of carbonyl (C=O) groups excluding carboxylic acids is 1. The van der Waals surface area contributed by atoms with E-state index >= 15 is 0 Å². The van der Waals surface area contributed by atoms with Crippen LogP contribution in [0.5, 0.6) is 5.75 Å². The topological polar surface area (TPSA) is 62.6 Å². The molecule has 4 rings (SSSR count). The predicted octanol–water partition coefficient (Wildman–Crippen LogP) is 5.07. The third kappa shape index (κ3) is 5.05. The summed E-state index contributed by atoms with van der Waals surface area (Å²) in [6.07, 6.45) is 3.27. The zero-order valence-corrected chi connectivity index (χ0v) is 17.4. The first-order chi connectivity index (χ1) is 15.4. The first-order valence-corrected chi connectivity index (χ1v) is 10.7. The van der Waals surface area contributed by atoms with Crippen molar-refractivity contribution < 1.29 is 27.5 Å². The Balaban J connectivity index is 1.32. The Morgan fingerprint density at radius 1 is 1.00 bits per heavy atom. The lowest BCUT2D eigenvalue weighted by atomic mass is 9.81. The summed E-state index contributed by atoms with van der Waals surface area (Å²) in [4.78, 5) is 18.6. The van der Waals surface area contributed by atoms with Crippen molar-refractivity contribution in [3.63, 3.8) is 0 Å². The molecule has 1 saturated heterocycles. The molecule has 5 nitrogen and oxygen atoms in total. The Kier molecular flexibility index (Phi) is 6.66. The smallest absolute Gasteiger partial charge is 0.249 e. The van der Waals surface area contributed by atoms with Gasteiger partial charge in [-0.1, -0.05) is 0 Å². The summed E-state index contributed by atoms with van der Waals surface area (Å²) in [5.74, 6) is -1.76. The SMILES string of the molecule is N#Cc1cc(F)cc(OCC2CCC(C(=O)N3OCC[C@H]3c3cc(F)cc(F)c3)CC2)c1. The van der Waals surface area contributed by atoms with Gasteiger partial charge in [-0.15, -0.1) is 0 Å². The van der Waals surface area contributed by atoms with Gasteiger partial charge in [0.2, 0.25) is 5.91 Å². The van der Waals surface area contributed by atoms with Crippen LogP contribution in [0.3, 0.4) is 0 Å². The Morgan fingerprint density at radius 2 is 1.69 bits per heavy atom. The van der Waals surface area contributed by atoms with Gasteiger partial charge in [0, 0.05) is 24.5 Å². The number of nitrogens with zero attached hydrogens (tertiary/aromatic N) is 2. The van der Waals surface area contributed by atoms with E-state index in [1.807, 2.05) is 6.07 Å². The summed E-state index contributed by atoms with van der Waals surface area (Å²) in [5.41, 5.74) is 0.593. The maximum absolute atomic E-state index is 13.6. The van der Waals surface area contributed by atoms with Crippen molar-refractivity contribution >= 4 is 5.91 Å². The van der Waals surface area contributed by atoms with E-state index in [0.29, 0.717) is 43.8 Å². The number of amides is 1. The van der Waals surface area contributed by atoms with Crippen LogP contribution in [-0.2, 0) is 9.63 Å². The zero-order chi connectivity index (χ0) is 22.7. The first-order valence-electron chi connectivity index (χ1n) is 10.7. The third-order valence-corrected chi connectivity index (χ3v) is 6.07. The Hall–Kier alpha value is -3.05. The highest BCUT2D eigenvalue weighted by Crippen LogP contribution is 2.36. The summed E-state index contributed by atoms with van der Waals surface area (Å²) < 4.78 is 46.5. The van der Waals surface area contributed by atoms with Gasteiger partial charge in [0.05, 0.1) is 30.9 Å². The van der Waals surface area contributed by atoms with Gasteiger partial charge in [-0.3, -0.25) is 9.63 Å². The molecule has 1 aliphatic carbocycles.